The fourth-order valence-electron chi connectivity index (χ4n) is 3.96. The number of H-pyrrole nitrogens is 2. The molecule has 0 saturated carbocycles. The summed E-state index contributed by atoms with van der Waals surface area (Å²) >= 11 is 0. The van der Waals surface area contributed by atoms with E-state index in [2.05, 4.69) is 17.0 Å². The van der Waals surface area contributed by atoms with Crippen molar-refractivity contribution < 1.29 is 4.74 Å². The second-order valence-electron chi connectivity index (χ2n) is 7.63. The second kappa shape index (κ2) is 9.08. The van der Waals surface area contributed by atoms with Crippen LogP contribution in [-0.4, -0.2) is 34.1 Å². The fourth-order valence-corrected chi connectivity index (χ4v) is 3.96. The topological polar surface area (TPSA) is 75.2 Å². The zero-order valence-corrected chi connectivity index (χ0v) is 18.2. The van der Waals surface area contributed by atoms with Crippen LogP contribution in [0.2, 0.25) is 0 Å². The van der Waals surface area contributed by atoms with Crippen LogP contribution in [0, 0.1) is 0 Å². The Morgan fingerprint density at radius 3 is 2.68 bits per heavy atom. The van der Waals surface area contributed by atoms with E-state index in [9.17, 15) is 4.79 Å². The monoisotopic (exact) mass is 416 g/mol. The molecule has 4 aromatic rings. The number of fused-ring (bicyclic) bond motifs is 1. The highest BCUT2D eigenvalue weighted by molar-refractivity contribution is 5.99. The number of aromatic amines is 2. The van der Waals surface area contributed by atoms with Gasteiger partial charge < -0.3 is 9.72 Å². The van der Waals surface area contributed by atoms with Crippen LogP contribution in [0.25, 0.3) is 16.6 Å². The molecule has 2 N–H and O–H groups in total. The van der Waals surface area contributed by atoms with Crippen molar-refractivity contribution in [3.63, 3.8) is 0 Å². The summed E-state index contributed by atoms with van der Waals surface area (Å²) < 4.78 is 6.97. The van der Waals surface area contributed by atoms with Gasteiger partial charge in [-0.05, 0) is 55.7 Å². The standard InChI is InChI=1S/C25H28N4O2/c1-4-8-23-24(25(30)29(28-23)19-9-6-5-7-10-19)17(2)26-14-13-18-16-27-22-12-11-20(31-3)15-21(18)22/h5-7,9-12,15-16,27-28H,4,8,13-14H2,1-3H3. The lowest BCUT2D eigenvalue weighted by molar-refractivity contribution is 0.415. The predicted molar refractivity (Wildman–Crippen MR) is 126 cm³/mol. The summed E-state index contributed by atoms with van der Waals surface area (Å²) in [6, 6.07) is 15.7. The van der Waals surface area contributed by atoms with Gasteiger partial charge in [0.15, 0.2) is 0 Å². The van der Waals surface area contributed by atoms with Crippen molar-refractivity contribution >= 4 is 16.6 Å². The lowest BCUT2D eigenvalue weighted by Crippen LogP contribution is -2.20. The minimum absolute atomic E-state index is 0.0484. The molecule has 160 valence electrons. The molecule has 0 unspecified atom stereocenters. The maximum atomic E-state index is 13.2. The molecule has 0 atom stereocenters. The van der Waals surface area contributed by atoms with Gasteiger partial charge in [-0.1, -0.05) is 31.5 Å². The SMILES string of the molecule is CCCc1[nH]n(-c2ccccc2)c(=O)c1C(C)=NCCc1c[nH]c2ccc(OC)cc12. The summed E-state index contributed by atoms with van der Waals surface area (Å²) in [5, 5.41) is 4.44. The Hall–Kier alpha value is -3.54. The summed E-state index contributed by atoms with van der Waals surface area (Å²) in [4.78, 5) is 21.2. The van der Waals surface area contributed by atoms with Crippen molar-refractivity contribution in [2.75, 3.05) is 13.7 Å². The molecule has 2 heterocycles. The molecule has 0 bridgehead atoms. The number of benzene rings is 2. The lowest BCUT2D eigenvalue weighted by Gasteiger charge is -2.03. The Morgan fingerprint density at radius 1 is 1.13 bits per heavy atom. The van der Waals surface area contributed by atoms with E-state index in [0.717, 1.165) is 53.0 Å². The average molecular weight is 417 g/mol. The molecular formula is C25H28N4O2. The number of nitrogens with zero attached hydrogens (tertiary/aromatic N) is 2. The van der Waals surface area contributed by atoms with Crippen molar-refractivity contribution in [2.45, 2.75) is 33.1 Å². The molecule has 0 spiro atoms. The van der Waals surface area contributed by atoms with E-state index in [1.54, 1.807) is 11.8 Å². The van der Waals surface area contributed by atoms with Crippen LogP contribution >= 0.6 is 0 Å². The van der Waals surface area contributed by atoms with E-state index in [-0.39, 0.29) is 5.56 Å². The molecule has 0 saturated heterocycles. The molecule has 0 aliphatic carbocycles. The number of aryl methyl sites for hydroxylation is 1. The van der Waals surface area contributed by atoms with Gasteiger partial charge >= 0.3 is 0 Å². The van der Waals surface area contributed by atoms with Gasteiger partial charge in [-0.3, -0.25) is 14.9 Å². The zero-order chi connectivity index (χ0) is 21.8. The van der Waals surface area contributed by atoms with Crippen molar-refractivity contribution in [1.82, 2.24) is 14.8 Å². The summed E-state index contributed by atoms with van der Waals surface area (Å²) in [5.74, 6) is 0.839. The van der Waals surface area contributed by atoms with E-state index in [1.807, 2.05) is 61.7 Å². The van der Waals surface area contributed by atoms with Crippen LogP contribution in [0.3, 0.4) is 0 Å². The van der Waals surface area contributed by atoms with E-state index in [1.165, 1.54) is 5.56 Å². The van der Waals surface area contributed by atoms with E-state index in [0.29, 0.717) is 12.1 Å². The number of aromatic nitrogens is 3. The largest absolute Gasteiger partial charge is 0.497 e. The maximum absolute atomic E-state index is 13.2. The van der Waals surface area contributed by atoms with Crippen LogP contribution < -0.4 is 10.3 Å². The van der Waals surface area contributed by atoms with Crippen molar-refractivity contribution in [3.05, 3.63) is 81.9 Å². The van der Waals surface area contributed by atoms with Gasteiger partial charge in [0.2, 0.25) is 0 Å². The molecule has 31 heavy (non-hydrogen) atoms. The quantitative estimate of drug-likeness (QED) is 0.410. The lowest BCUT2D eigenvalue weighted by atomic mass is 10.1. The fraction of sp³-hybridized carbons (Fsp3) is 0.280. The van der Waals surface area contributed by atoms with Gasteiger partial charge in [-0.15, -0.1) is 0 Å². The van der Waals surface area contributed by atoms with Gasteiger partial charge in [0, 0.05) is 35.1 Å². The summed E-state index contributed by atoms with van der Waals surface area (Å²) in [7, 11) is 1.67. The molecule has 0 fully saturated rings. The van der Waals surface area contributed by atoms with Gasteiger partial charge in [0.1, 0.15) is 5.75 Å². The number of aliphatic imine (C=N–C) groups is 1. The van der Waals surface area contributed by atoms with Crippen molar-refractivity contribution in [1.29, 1.82) is 0 Å². The van der Waals surface area contributed by atoms with Crippen LogP contribution in [0.1, 0.15) is 37.1 Å². The van der Waals surface area contributed by atoms with Gasteiger partial charge in [0.25, 0.3) is 5.56 Å². The number of rotatable bonds is 8. The summed E-state index contributed by atoms with van der Waals surface area (Å²) in [5.41, 5.74) is 5.45. The number of nitrogens with one attached hydrogen (secondary N) is 2. The first-order chi connectivity index (χ1) is 15.1. The molecule has 0 aliphatic rings. The third-order valence-corrected chi connectivity index (χ3v) is 5.55. The Morgan fingerprint density at radius 2 is 1.94 bits per heavy atom. The molecule has 0 radical (unpaired) electrons. The smallest absolute Gasteiger partial charge is 0.280 e. The van der Waals surface area contributed by atoms with Gasteiger partial charge in [-0.2, -0.15) is 0 Å². The van der Waals surface area contributed by atoms with Crippen molar-refractivity contribution in [2.24, 2.45) is 4.99 Å². The maximum Gasteiger partial charge on any atom is 0.280 e. The highest BCUT2D eigenvalue weighted by Crippen LogP contribution is 2.24. The molecule has 2 aromatic heterocycles. The first-order valence-corrected chi connectivity index (χ1v) is 10.7. The number of hydrogen-bond acceptors (Lipinski definition) is 3. The van der Waals surface area contributed by atoms with Crippen LogP contribution in [0.15, 0.2) is 64.5 Å². The van der Waals surface area contributed by atoms with Crippen molar-refractivity contribution in [3.8, 4) is 11.4 Å². The van der Waals surface area contributed by atoms with E-state index < -0.39 is 0 Å². The first-order valence-electron chi connectivity index (χ1n) is 10.7. The average Bonchev–Trinajstić information content (AvgIpc) is 3.34. The minimum Gasteiger partial charge on any atom is -0.497 e. The zero-order valence-electron chi connectivity index (χ0n) is 18.2. The van der Waals surface area contributed by atoms with Gasteiger partial charge in [0.05, 0.1) is 18.4 Å². The molecule has 6 nitrogen and oxygen atoms in total. The highest BCUT2D eigenvalue weighted by Gasteiger charge is 2.17. The Labute approximate surface area is 181 Å². The minimum atomic E-state index is -0.0484. The molecular weight excluding hydrogens is 388 g/mol. The van der Waals surface area contributed by atoms with Crippen LogP contribution in [0.4, 0.5) is 0 Å². The number of methoxy groups -OCH3 is 1. The van der Waals surface area contributed by atoms with Crippen LogP contribution in [-0.2, 0) is 12.8 Å². The number of ether oxygens (including phenoxy) is 1. The molecule has 6 heteroatoms. The number of para-hydroxylation sites is 1. The Bertz CT molecular complexity index is 1260. The Kier molecular flexibility index (Phi) is 6.07. The summed E-state index contributed by atoms with van der Waals surface area (Å²) in [6.45, 7) is 4.65. The Balaban J connectivity index is 1.60. The number of hydrogen-bond donors (Lipinski definition) is 2. The van der Waals surface area contributed by atoms with E-state index in [4.69, 9.17) is 9.73 Å². The molecule has 4 rings (SSSR count). The molecule has 2 aromatic carbocycles. The highest BCUT2D eigenvalue weighted by atomic mass is 16.5. The van der Waals surface area contributed by atoms with Crippen LogP contribution in [0.5, 0.6) is 5.75 Å². The van der Waals surface area contributed by atoms with Gasteiger partial charge in [-0.25, -0.2) is 4.68 Å². The first kappa shape index (κ1) is 20.7. The third kappa shape index (κ3) is 4.19. The molecule has 0 amide bonds. The summed E-state index contributed by atoms with van der Waals surface area (Å²) in [6.07, 6.45) is 4.56. The molecule has 0 aliphatic heterocycles. The second-order valence-corrected chi connectivity index (χ2v) is 7.63. The van der Waals surface area contributed by atoms with E-state index >= 15 is 0 Å². The third-order valence-electron chi connectivity index (χ3n) is 5.55. The predicted octanol–water partition coefficient (Wildman–Crippen LogP) is 4.66. The normalized spacial score (nSPS) is 11.9.